The number of rotatable bonds is 3. The van der Waals surface area contributed by atoms with Gasteiger partial charge in [-0.1, -0.05) is 84.9 Å². The predicted octanol–water partition coefficient (Wildman–Crippen LogP) is 9.98. The minimum Gasteiger partial charge on any atom is -0.340 e. The number of nitrogens with one attached hydrogen (secondary N) is 1. The lowest BCUT2D eigenvalue weighted by Gasteiger charge is -2.26. The molecule has 44 heavy (non-hydrogen) atoms. The third-order valence-corrected chi connectivity index (χ3v) is 9.81. The molecule has 0 fully saturated rings. The molecule has 0 saturated carbocycles. The fourth-order valence-corrected chi connectivity index (χ4v) is 7.72. The highest BCUT2D eigenvalue weighted by atomic mass is 32.1. The topological polar surface area (TPSA) is 53.1 Å². The number of aliphatic imine (C=N–C) groups is 1. The molecule has 1 atom stereocenters. The van der Waals surface area contributed by atoms with E-state index in [4.69, 9.17) is 4.99 Å². The van der Waals surface area contributed by atoms with Crippen molar-refractivity contribution in [2.24, 2.45) is 4.99 Å². The molecule has 1 aliphatic heterocycles. The van der Waals surface area contributed by atoms with Gasteiger partial charge in [-0.2, -0.15) is 5.26 Å². The van der Waals surface area contributed by atoms with Gasteiger partial charge in [-0.15, -0.1) is 11.3 Å². The number of benzene rings is 6. The number of fused-ring (bicyclic) bond motifs is 7. The van der Waals surface area contributed by atoms with E-state index in [1.54, 1.807) is 0 Å². The van der Waals surface area contributed by atoms with Crippen molar-refractivity contribution >= 4 is 64.8 Å². The van der Waals surface area contributed by atoms with Crippen LogP contribution in [0.2, 0.25) is 0 Å². The van der Waals surface area contributed by atoms with Gasteiger partial charge in [-0.3, -0.25) is 4.99 Å². The third-order valence-electron chi connectivity index (χ3n) is 8.67. The Morgan fingerprint density at radius 2 is 1.43 bits per heavy atom. The molecule has 3 heterocycles. The van der Waals surface area contributed by atoms with Gasteiger partial charge >= 0.3 is 0 Å². The second-order valence-electron chi connectivity index (χ2n) is 11.2. The van der Waals surface area contributed by atoms with Crippen LogP contribution in [0, 0.1) is 11.3 Å². The number of nitriles is 1. The first-order chi connectivity index (χ1) is 21.7. The highest BCUT2D eigenvalue weighted by Crippen LogP contribution is 2.41. The van der Waals surface area contributed by atoms with E-state index in [1.807, 2.05) is 47.7 Å². The van der Waals surface area contributed by atoms with E-state index < -0.39 is 0 Å². The van der Waals surface area contributed by atoms with Crippen molar-refractivity contribution < 1.29 is 0 Å². The van der Waals surface area contributed by atoms with Gasteiger partial charge in [0.15, 0.2) is 0 Å². The third kappa shape index (κ3) is 3.79. The van der Waals surface area contributed by atoms with Gasteiger partial charge in [0, 0.05) is 53.4 Å². The second kappa shape index (κ2) is 9.67. The average Bonchev–Trinajstić information content (AvgIpc) is 3.61. The maximum atomic E-state index is 9.56. The Bertz CT molecular complexity index is 2480. The summed E-state index contributed by atoms with van der Waals surface area (Å²) in [7, 11) is 0. The van der Waals surface area contributed by atoms with Crippen LogP contribution in [0.25, 0.3) is 47.7 Å². The fourth-order valence-electron chi connectivity index (χ4n) is 6.60. The van der Waals surface area contributed by atoms with Crippen LogP contribution in [0.3, 0.4) is 0 Å². The summed E-state index contributed by atoms with van der Waals surface area (Å²) < 4.78 is 4.99. The van der Waals surface area contributed by atoms with Gasteiger partial charge in [-0.05, 0) is 54.1 Å². The van der Waals surface area contributed by atoms with E-state index in [0.29, 0.717) is 5.56 Å². The Hall–Kier alpha value is -5.70. The molecule has 0 saturated heterocycles. The van der Waals surface area contributed by atoms with Crippen LogP contribution >= 0.6 is 11.3 Å². The molecule has 1 N–H and O–H groups in total. The monoisotopic (exact) mass is 580 g/mol. The van der Waals surface area contributed by atoms with Gasteiger partial charge in [-0.25, -0.2) is 0 Å². The number of aromatic nitrogens is 1. The Kier molecular flexibility index (Phi) is 5.46. The summed E-state index contributed by atoms with van der Waals surface area (Å²) in [5.74, 6) is 0.803. The number of thiophene rings is 1. The van der Waals surface area contributed by atoms with Crippen LogP contribution in [0.1, 0.15) is 28.3 Å². The summed E-state index contributed by atoms with van der Waals surface area (Å²) in [6.07, 6.45) is 0. The summed E-state index contributed by atoms with van der Waals surface area (Å²) in [6.45, 7) is 0. The number of amidine groups is 1. The van der Waals surface area contributed by atoms with Gasteiger partial charge in [0.05, 0.1) is 22.7 Å². The number of anilines is 1. The molecular formula is C39H24N4S. The number of hydrogen-bond acceptors (Lipinski definition) is 4. The van der Waals surface area contributed by atoms with Crippen LogP contribution < -0.4 is 5.32 Å². The molecule has 206 valence electrons. The Morgan fingerprint density at radius 1 is 0.659 bits per heavy atom. The second-order valence-corrected chi connectivity index (χ2v) is 12.3. The summed E-state index contributed by atoms with van der Waals surface area (Å²) >= 11 is 1.85. The maximum Gasteiger partial charge on any atom is 0.133 e. The summed E-state index contributed by atoms with van der Waals surface area (Å²) in [4.78, 5) is 5.18. The van der Waals surface area contributed by atoms with Crippen LogP contribution in [-0.4, -0.2) is 10.4 Å². The van der Waals surface area contributed by atoms with Crippen molar-refractivity contribution in [1.29, 1.82) is 5.26 Å². The van der Waals surface area contributed by atoms with Crippen LogP contribution in [-0.2, 0) is 0 Å². The molecule has 0 spiro atoms. The molecule has 4 nitrogen and oxygen atoms in total. The smallest absolute Gasteiger partial charge is 0.133 e. The van der Waals surface area contributed by atoms with Gasteiger partial charge in [0.25, 0.3) is 0 Å². The molecule has 9 rings (SSSR count). The van der Waals surface area contributed by atoms with Crippen LogP contribution in [0.4, 0.5) is 5.69 Å². The Labute approximate surface area is 257 Å². The van der Waals surface area contributed by atoms with Crippen molar-refractivity contribution in [1.82, 2.24) is 4.57 Å². The van der Waals surface area contributed by atoms with E-state index in [0.717, 1.165) is 33.9 Å². The predicted molar refractivity (Wildman–Crippen MR) is 183 cm³/mol. The molecule has 0 bridgehead atoms. The molecule has 8 aromatic rings. The first-order valence-electron chi connectivity index (χ1n) is 14.6. The lowest BCUT2D eigenvalue weighted by atomic mass is 9.94. The Morgan fingerprint density at radius 3 is 2.27 bits per heavy atom. The van der Waals surface area contributed by atoms with Crippen molar-refractivity contribution in [3.63, 3.8) is 0 Å². The standard InChI is InChI=1S/C39H24N4S/c40-23-24-14-19-30-33(20-24)41-39(26-8-2-1-3-9-26)42-38(30)25-15-17-27(18-16-25)43-34-12-6-4-10-28(34)31-21-32-29-11-5-7-13-36(29)44-37(32)22-35(31)43/h1-22,38H,(H,41,42). The molecule has 1 unspecified atom stereocenters. The average molecular weight is 581 g/mol. The summed E-state index contributed by atoms with van der Waals surface area (Å²) in [5.41, 5.74) is 8.22. The quantitative estimate of drug-likeness (QED) is 0.226. The Balaban J connectivity index is 1.20. The lowest BCUT2D eigenvalue weighted by Crippen LogP contribution is -2.22. The van der Waals surface area contributed by atoms with E-state index in [-0.39, 0.29) is 6.04 Å². The first kappa shape index (κ1) is 24.9. The van der Waals surface area contributed by atoms with Gasteiger partial charge in [0.1, 0.15) is 11.9 Å². The van der Waals surface area contributed by atoms with Crippen molar-refractivity contribution in [2.75, 3.05) is 5.32 Å². The number of nitrogens with zero attached hydrogens (tertiary/aromatic N) is 3. The maximum absolute atomic E-state index is 9.56. The summed E-state index contributed by atoms with van der Waals surface area (Å²) in [6, 6.07) is 48.9. The normalized spacial score (nSPS) is 14.4. The molecular weight excluding hydrogens is 557 g/mol. The number of para-hydroxylation sites is 1. The largest absolute Gasteiger partial charge is 0.340 e. The van der Waals surface area contributed by atoms with Crippen LogP contribution in [0.5, 0.6) is 0 Å². The highest BCUT2D eigenvalue weighted by molar-refractivity contribution is 7.25. The zero-order valence-corrected chi connectivity index (χ0v) is 24.3. The summed E-state index contributed by atoms with van der Waals surface area (Å²) in [5, 5.41) is 18.2. The van der Waals surface area contributed by atoms with E-state index in [1.165, 1.54) is 42.0 Å². The lowest BCUT2D eigenvalue weighted by molar-refractivity contribution is 0.862. The molecule has 0 amide bonds. The van der Waals surface area contributed by atoms with E-state index in [2.05, 4.69) is 113 Å². The van der Waals surface area contributed by atoms with Gasteiger partial charge < -0.3 is 9.88 Å². The van der Waals surface area contributed by atoms with E-state index in [9.17, 15) is 5.26 Å². The highest BCUT2D eigenvalue weighted by Gasteiger charge is 2.24. The van der Waals surface area contributed by atoms with Crippen molar-refractivity contribution in [3.8, 4) is 11.8 Å². The fraction of sp³-hybridized carbons (Fsp3) is 0.0256. The van der Waals surface area contributed by atoms with E-state index >= 15 is 0 Å². The molecule has 0 radical (unpaired) electrons. The minimum atomic E-state index is -0.195. The first-order valence-corrected chi connectivity index (χ1v) is 15.5. The molecule has 5 heteroatoms. The van der Waals surface area contributed by atoms with Gasteiger partial charge in [0.2, 0.25) is 0 Å². The molecule has 0 aliphatic carbocycles. The van der Waals surface area contributed by atoms with Crippen molar-refractivity contribution in [3.05, 3.63) is 156 Å². The molecule has 6 aromatic carbocycles. The SMILES string of the molecule is N#Cc1ccc2c(c1)NC(c1ccccc1)=NC2c1ccc(-n2c3ccccc3c3cc4c(cc32)sc2ccccc24)cc1. The van der Waals surface area contributed by atoms with Crippen molar-refractivity contribution in [2.45, 2.75) is 6.04 Å². The van der Waals surface area contributed by atoms with Crippen LogP contribution in [0.15, 0.2) is 138 Å². The molecule has 1 aliphatic rings. The minimum absolute atomic E-state index is 0.195. The number of hydrogen-bond donors (Lipinski definition) is 1. The molecule has 2 aromatic heterocycles. The zero-order valence-electron chi connectivity index (χ0n) is 23.5. The zero-order chi connectivity index (χ0) is 29.2.